The van der Waals surface area contributed by atoms with E-state index < -0.39 is 11.9 Å². The normalized spacial score (nSPS) is 14.4. The van der Waals surface area contributed by atoms with Gasteiger partial charge in [-0.1, -0.05) is 31.0 Å². The number of anilines is 1. The molecule has 34 heavy (non-hydrogen) atoms. The Morgan fingerprint density at radius 1 is 1.06 bits per heavy atom. The van der Waals surface area contributed by atoms with E-state index in [1.54, 1.807) is 48.9 Å². The van der Waals surface area contributed by atoms with Crippen molar-refractivity contribution in [2.45, 2.75) is 37.8 Å². The number of hydrogen-bond donors (Lipinski definition) is 2. The lowest BCUT2D eigenvalue weighted by Crippen LogP contribution is -2.48. The first-order valence-corrected chi connectivity index (χ1v) is 12.9. The maximum absolute atomic E-state index is 13.6. The first kappa shape index (κ1) is 24.0. The molecule has 1 atom stereocenters. The molecule has 1 aliphatic rings. The van der Waals surface area contributed by atoms with Gasteiger partial charge in [-0.3, -0.25) is 19.3 Å². The number of amides is 3. The number of benzene rings is 1. The number of methoxy groups -OCH3 is 1. The molecule has 2 N–H and O–H groups in total. The van der Waals surface area contributed by atoms with Crippen molar-refractivity contribution in [2.75, 3.05) is 18.6 Å². The van der Waals surface area contributed by atoms with Gasteiger partial charge in [-0.2, -0.15) is 0 Å². The van der Waals surface area contributed by atoms with Gasteiger partial charge in [0.25, 0.3) is 5.91 Å². The van der Waals surface area contributed by atoms with Crippen LogP contribution in [0.5, 0.6) is 5.75 Å². The Kier molecular flexibility index (Phi) is 7.97. The third kappa shape index (κ3) is 5.66. The van der Waals surface area contributed by atoms with Gasteiger partial charge in [0.1, 0.15) is 11.8 Å². The maximum Gasteiger partial charge on any atom is 0.261 e. The zero-order valence-corrected chi connectivity index (χ0v) is 20.5. The summed E-state index contributed by atoms with van der Waals surface area (Å²) in [5.41, 5.74) is 0.523. The summed E-state index contributed by atoms with van der Waals surface area (Å²) in [6.07, 6.45) is 4.05. The number of carbonyl (C=O) groups excluding carboxylic acids is 3. The summed E-state index contributed by atoms with van der Waals surface area (Å²) >= 11 is 2.72. The van der Waals surface area contributed by atoms with Gasteiger partial charge < -0.3 is 15.4 Å². The van der Waals surface area contributed by atoms with Crippen molar-refractivity contribution in [1.82, 2.24) is 10.6 Å². The predicted molar refractivity (Wildman–Crippen MR) is 135 cm³/mol. The number of nitrogens with zero attached hydrogens (tertiary/aromatic N) is 1. The fourth-order valence-corrected chi connectivity index (χ4v) is 5.56. The smallest absolute Gasteiger partial charge is 0.261 e. The maximum atomic E-state index is 13.6. The number of carbonyl (C=O) groups is 3. The van der Waals surface area contributed by atoms with Crippen LogP contribution in [0.2, 0.25) is 0 Å². The van der Waals surface area contributed by atoms with Crippen molar-refractivity contribution < 1.29 is 19.1 Å². The quantitative estimate of drug-likeness (QED) is 0.459. The van der Waals surface area contributed by atoms with Gasteiger partial charge in [0.05, 0.1) is 18.5 Å². The average Bonchev–Trinajstić information content (AvgIpc) is 3.64. The van der Waals surface area contributed by atoms with Crippen LogP contribution >= 0.6 is 22.7 Å². The minimum atomic E-state index is -0.862. The highest BCUT2D eigenvalue weighted by Gasteiger charge is 2.35. The third-order valence-electron chi connectivity index (χ3n) is 5.77. The van der Waals surface area contributed by atoms with Crippen LogP contribution in [-0.4, -0.2) is 37.4 Å². The van der Waals surface area contributed by atoms with Crippen molar-refractivity contribution in [3.05, 3.63) is 69.0 Å². The van der Waals surface area contributed by atoms with Gasteiger partial charge in [0.15, 0.2) is 0 Å². The zero-order chi connectivity index (χ0) is 23.9. The van der Waals surface area contributed by atoms with Crippen molar-refractivity contribution >= 4 is 46.1 Å². The topological polar surface area (TPSA) is 87.7 Å². The molecule has 178 valence electrons. The van der Waals surface area contributed by atoms with Gasteiger partial charge in [0.2, 0.25) is 11.8 Å². The molecule has 0 bridgehead atoms. The summed E-state index contributed by atoms with van der Waals surface area (Å²) in [7, 11) is 1.55. The van der Waals surface area contributed by atoms with Crippen LogP contribution in [0.1, 0.15) is 46.3 Å². The van der Waals surface area contributed by atoms with Crippen LogP contribution in [0, 0.1) is 0 Å². The van der Waals surface area contributed by atoms with Gasteiger partial charge in [-0.15, -0.1) is 22.7 Å². The SMILES string of the molecule is COc1cccc(N(C(=O)CNC(=O)c2cccs2)[C@@H](C(=O)NC2CCCC2)c2cccs2)c1. The van der Waals surface area contributed by atoms with E-state index in [1.807, 2.05) is 17.5 Å². The Balaban J connectivity index is 1.65. The van der Waals surface area contributed by atoms with Crippen LogP contribution < -0.4 is 20.3 Å². The van der Waals surface area contributed by atoms with Crippen LogP contribution in [0.25, 0.3) is 0 Å². The summed E-state index contributed by atoms with van der Waals surface area (Å²) in [6.45, 7) is -0.244. The second kappa shape index (κ2) is 11.3. The number of thiophene rings is 2. The Labute approximate surface area is 206 Å². The fourth-order valence-electron chi connectivity index (χ4n) is 4.10. The molecule has 4 rings (SSSR count). The second-order valence-electron chi connectivity index (χ2n) is 8.03. The number of nitrogens with one attached hydrogen (secondary N) is 2. The molecule has 1 fully saturated rings. The standard InChI is InChI=1S/C25H27N3O4S2/c1-32-19-10-4-9-18(15-19)28(22(29)16-26-24(30)21-12-6-14-34-21)23(20-11-5-13-33-20)25(31)27-17-7-2-3-8-17/h4-6,9-15,17,23H,2-3,7-8,16H2,1H3,(H,26,30)(H,27,31)/t23-/m1/s1. The minimum absolute atomic E-state index is 0.107. The summed E-state index contributed by atoms with van der Waals surface area (Å²) in [5.74, 6) is -0.371. The highest BCUT2D eigenvalue weighted by molar-refractivity contribution is 7.12. The van der Waals surface area contributed by atoms with Crippen LogP contribution in [-0.2, 0) is 9.59 Å². The highest BCUT2D eigenvalue weighted by Crippen LogP contribution is 2.33. The number of rotatable bonds is 9. The van der Waals surface area contributed by atoms with E-state index in [4.69, 9.17) is 4.74 Å². The van der Waals surface area contributed by atoms with Crippen molar-refractivity contribution in [1.29, 1.82) is 0 Å². The first-order chi connectivity index (χ1) is 16.6. The van der Waals surface area contributed by atoms with E-state index in [1.165, 1.54) is 27.6 Å². The molecule has 1 saturated carbocycles. The Morgan fingerprint density at radius 3 is 2.50 bits per heavy atom. The van der Waals surface area contributed by atoms with Crippen molar-refractivity contribution in [2.24, 2.45) is 0 Å². The first-order valence-electron chi connectivity index (χ1n) is 11.2. The van der Waals surface area contributed by atoms with Gasteiger partial charge in [0, 0.05) is 22.7 Å². The zero-order valence-electron chi connectivity index (χ0n) is 18.9. The Bertz CT molecular complexity index is 1110. The largest absolute Gasteiger partial charge is 0.497 e. The lowest BCUT2D eigenvalue weighted by molar-refractivity contribution is -0.126. The van der Waals surface area contributed by atoms with Crippen molar-refractivity contribution in [3.8, 4) is 5.75 Å². The molecule has 2 heterocycles. The van der Waals surface area contributed by atoms with E-state index in [-0.39, 0.29) is 24.4 Å². The summed E-state index contributed by atoms with van der Waals surface area (Å²) < 4.78 is 5.37. The molecule has 3 amide bonds. The molecule has 1 aromatic carbocycles. The van der Waals surface area contributed by atoms with Gasteiger partial charge in [-0.05, 0) is 47.9 Å². The summed E-state index contributed by atoms with van der Waals surface area (Å²) in [5, 5.41) is 9.53. The molecule has 7 nitrogen and oxygen atoms in total. The van der Waals surface area contributed by atoms with E-state index >= 15 is 0 Å². The summed E-state index contributed by atoms with van der Waals surface area (Å²) in [4.78, 5) is 42.4. The molecule has 0 saturated heterocycles. The van der Waals surface area contributed by atoms with E-state index in [2.05, 4.69) is 10.6 Å². The molecule has 3 aromatic rings. The molecule has 9 heteroatoms. The fraction of sp³-hybridized carbons (Fsp3) is 0.320. The molecular formula is C25H27N3O4S2. The number of ether oxygens (including phenoxy) is 1. The second-order valence-corrected chi connectivity index (χ2v) is 9.96. The molecule has 0 unspecified atom stereocenters. The van der Waals surface area contributed by atoms with Crippen molar-refractivity contribution in [3.63, 3.8) is 0 Å². The lowest BCUT2D eigenvalue weighted by atomic mass is 10.1. The summed E-state index contributed by atoms with van der Waals surface area (Å²) in [6, 6.07) is 13.5. The molecule has 2 aromatic heterocycles. The monoisotopic (exact) mass is 497 g/mol. The molecule has 1 aliphatic carbocycles. The van der Waals surface area contributed by atoms with E-state index in [9.17, 15) is 14.4 Å². The molecule has 0 spiro atoms. The van der Waals surface area contributed by atoms with E-state index in [0.29, 0.717) is 16.3 Å². The van der Waals surface area contributed by atoms with E-state index in [0.717, 1.165) is 30.6 Å². The lowest BCUT2D eigenvalue weighted by Gasteiger charge is -2.31. The molecule has 0 radical (unpaired) electrons. The van der Waals surface area contributed by atoms with Crippen LogP contribution in [0.15, 0.2) is 59.3 Å². The Hall–Kier alpha value is -3.17. The highest BCUT2D eigenvalue weighted by atomic mass is 32.1. The van der Waals surface area contributed by atoms with Crippen LogP contribution in [0.4, 0.5) is 5.69 Å². The van der Waals surface area contributed by atoms with Gasteiger partial charge in [-0.25, -0.2) is 0 Å². The minimum Gasteiger partial charge on any atom is -0.497 e. The predicted octanol–water partition coefficient (Wildman–Crippen LogP) is 4.38. The molecular weight excluding hydrogens is 470 g/mol. The van der Waals surface area contributed by atoms with Crippen LogP contribution in [0.3, 0.4) is 0 Å². The number of hydrogen-bond acceptors (Lipinski definition) is 6. The molecule has 0 aliphatic heterocycles. The average molecular weight is 498 g/mol. The van der Waals surface area contributed by atoms with Gasteiger partial charge >= 0.3 is 0 Å². The Morgan fingerprint density at radius 2 is 1.82 bits per heavy atom. The third-order valence-corrected chi connectivity index (χ3v) is 7.56.